The van der Waals surface area contributed by atoms with Crippen molar-refractivity contribution in [3.05, 3.63) is 0 Å². The zero-order valence-corrected chi connectivity index (χ0v) is 9.34. The van der Waals surface area contributed by atoms with Gasteiger partial charge in [-0.05, 0) is 43.4 Å². The first-order valence-corrected chi connectivity index (χ1v) is 6.29. The third-order valence-electron chi connectivity index (χ3n) is 4.28. The molecule has 0 aromatic rings. The van der Waals surface area contributed by atoms with Crippen LogP contribution in [0.2, 0.25) is 0 Å². The molecule has 2 heteroatoms. The van der Waals surface area contributed by atoms with Crippen LogP contribution in [0.15, 0.2) is 0 Å². The molecule has 0 saturated heterocycles. The maximum absolute atomic E-state index is 5.72. The van der Waals surface area contributed by atoms with Crippen LogP contribution in [0.5, 0.6) is 0 Å². The van der Waals surface area contributed by atoms with Gasteiger partial charge in [0.05, 0.1) is 0 Å². The van der Waals surface area contributed by atoms with Gasteiger partial charge < -0.3 is 0 Å². The van der Waals surface area contributed by atoms with Crippen molar-refractivity contribution >= 4 is 0 Å². The van der Waals surface area contributed by atoms with Gasteiger partial charge in [0, 0.05) is 6.04 Å². The van der Waals surface area contributed by atoms with E-state index in [1.165, 1.54) is 44.9 Å². The molecular weight excluding hydrogens is 172 g/mol. The van der Waals surface area contributed by atoms with Crippen molar-refractivity contribution in [2.24, 2.45) is 23.6 Å². The van der Waals surface area contributed by atoms with Crippen LogP contribution in [0.1, 0.15) is 51.9 Å². The molecule has 2 aliphatic rings. The van der Waals surface area contributed by atoms with Gasteiger partial charge in [-0.15, -0.1) is 0 Å². The molecule has 2 nitrogen and oxygen atoms in total. The Morgan fingerprint density at radius 2 is 1.64 bits per heavy atom. The summed E-state index contributed by atoms with van der Waals surface area (Å²) in [4.78, 5) is 0. The first-order chi connectivity index (χ1) is 6.83. The van der Waals surface area contributed by atoms with Gasteiger partial charge in [0.1, 0.15) is 0 Å². The van der Waals surface area contributed by atoms with Gasteiger partial charge in [-0.3, -0.25) is 11.3 Å². The molecule has 14 heavy (non-hydrogen) atoms. The van der Waals surface area contributed by atoms with Crippen molar-refractivity contribution in [2.75, 3.05) is 0 Å². The van der Waals surface area contributed by atoms with E-state index < -0.39 is 0 Å². The zero-order valence-electron chi connectivity index (χ0n) is 9.34. The lowest BCUT2D eigenvalue weighted by atomic mass is 9.78. The second kappa shape index (κ2) is 4.63. The molecule has 2 atom stereocenters. The maximum Gasteiger partial charge on any atom is 0.0267 e. The standard InChI is InChI=1S/C12H24N2/c1-9(10-7-8-10)12(14-13)11-5-3-2-4-6-11/h9-12,14H,2-8,13H2,1H3. The summed E-state index contributed by atoms with van der Waals surface area (Å²) < 4.78 is 0. The van der Waals surface area contributed by atoms with Crippen molar-refractivity contribution < 1.29 is 0 Å². The van der Waals surface area contributed by atoms with Gasteiger partial charge in [-0.1, -0.05) is 26.2 Å². The summed E-state index contributed by atoms with van der Waals surface area (Å²) in [5.41, 5.74) is 3.09. The molecule has 2 rings (SSSR count). The fraction of sp³-hybridized carbons (Fsp3) is 1.00. The van der Waals surface area contributed by atoms with Gasteiger partial charge in [-0.25, -0.2) is 0 Å². The highest BCUT2D eigenvalue weighted by Gasteiger charge is 2.36. The quantitative estimate of drug-likeness (QED) is 0.535. The van der Waals surface area contributed by atoms with E-state index in [4.69, 9.17) is 5.84 Å². The number of nitrogens with one attached hydrogen (secondary N) is 1. The van der Waals surface area contributed by atoms with Crippen LogP contribution in [0, 0.1) is 17.8 Å². The predicted octanol–water partition coefficient (Wildman–Crippen LogP) is 2.44. The van der Waals surface area contributed by atoms with Crippen LogP contribution in [0.25, 0.3) is 0 Å². The van der Waals surface area contributed by atoms with E-state index >= 15 is 0 Å². The number of hydrogen-bond acceptors (Lipinski definition) is 2. The van der Waals surface area contributed by atoms with Crippen LogP contribution >= 0.6 is 0 Å². The van der Waals surface area contributed by atoms with E-state index in [0.717, 1.165) is 17.8 Å². The van der Waals surface area contributed by atoms with Gasteiger partial charge in [-0.2, -0.15) is 0 Å². The van der Waals surface area contributed by atoms with Gasteiger partial charge >= 0.3 is 0 Å². The molecule has 0 amide bonds. The lowest BCUT2D eigenvalue weighted by Gasteiger charge is -2.34. The minimum absolute atomic E-state index is 0.586. The first kappa shape index (κ1) is 10.4. The lowest BCUT2D eigenvalue weighted by Crippen LogP contribution is -2.46. The monoisotopic (exact) mass is 196 g/mol. The topological polar surface area (TPSA) is 38.0 Å². The number of hydrogen-bond donors (Lipinski definition) is 2. The van der Waals surface area contributed by atoms with E-state index in [1.807, 2.05) is 0 Å². The van der Waals surface area contributed by atoms with Crippen molar-refractivity contribution in [3.8, 4) is 0 Å². The van der Waals surface area contributed by atoms with Gasteiger partial charge in [0.25, 0.3) is 0 Å². The molecule has 2 unspecified atom stereocenters. The van der Waals surface area contributed by atoms with E-state index in [0.29, 0.717) is 6.04 Å². The van der Waals surface area contributed by atoms with Crippen molar-refractivity contribution in [3.63, 3.8) is 0 Å². The fourth-order valence-electron chi connectivity index (χ4n) is 3.13. The Labute approximate surface area is 87.6 Å². The predicted molar refractivity (Wildman–Crippen MR) is 59.6 cm³/mol. The van der Waals surface area contributed by atoms with Crippen LogP contribution in [-0.2, 0) is 0 Å². The molecule has 0 heterocycles. The third-order valence-corrected chi connectivity index (χ3v) is 4.28. The highest BCUT2D eigenvalue weighted by Crippen LogP contribution is 2.41. The molecule has 2 aliphatic carbocycles. The molecule has 3 N–H and O–H groups in total. The minimum atomic E-state index is 0.586. The number of hydrazine groups is 1. The molecule has 82 valence electrons. The van der Waals surface area contributed by atoms with Crippen LogP contribution in [0.4, 0.5) is 0 Å². The minimum Gasteiger partial charge on any atom is -0.271 e. The summed E-state index contributed by atoms with van der Waals surface area (Å²) in [6, 6.07) is 0.586. The molecule has 0 spiro atoms. The molecule has 2 saturated carbocycles. The molecule has 2 fully saturated rings. The summed E-state index contributed by atoms with van der Waals surface area (Å²) in [6.45, 7) is 2.39. The van der Waals surface area contributed by atoms with E-state index in [9.17, 15) is 0 Å². The Kier molecular flexibility index (Phi) is 3.45. The summed E-state index contributed by atoms with van der Waals surface area (Å²) in [5, 5.41) is 0. The van der Waals surface area contributed by atoms with Crippen LogP contribution in [-0.4, -0.2) is 6.04 Å². The number of nitrogens with two attached hydrogens (primary N) is 1. The normalized spacial score (nSPS) is 28.7. The second-order valence-electron chi connectivity index (χ2n) is 5.29. The highest BCUT2D eigenvalue weighted by molar-refractivity contribution is 4.89. The highest BCUT2D eigenvalue weighted by atomic mass is 15.2. The lowest BCUT2D eigenvalue weighted by molar-refractivity contribution is 0.202. The van der Waals surface area contributed by atoms with Gasteiger partial charge in [0.15, 0.2) is 0 Å². The Morgan fingerprint density at radius 3 is 2.14 bits per heavy atom. The van der Waals surface area contributed by atoms with Crippen molar-refractivity contribution in [1.29, 1.82) is 0 Å². The van der Waals surface area contributed by atoms with Gasteiger partial charge in [0.2, 0.25) is 0 Å². The van der Waals surface area contributed by atoms with Crippen LogP contribution < -0.4 is 11.3 Å². The maximum atomic E-state index is 5.72. The Morgan fingerprint density at radius 1 is 1.00 bits per heavy atom. The van der Waals surface area contributed by atoms with Crippen molar-refractivity contribution in [2.45, 2.75) is 57.9 Å². The Hall–Kier alpha value is -0.0800. The zero-order chi connectivity index (χ0) is 9.97. The summed E-state index contributed by atoms with van der Waals surface area (Å²) in [6.07, 6.45) is 9.93. The molecular formula is C12H24N2. The Bertz CT molecular complexity index is 171. The molecule has 0 aromatic carbocycles. The smallest absolute Gasteiger partial charge is 0.0267 e. The molecule has 0 radical (unpaired) electrons. The second-order valence-corrected chi connectivity index (χ2v) is 5.29. The molecule has 0 aromatic heterocycles. The van der Waals surface area contributed by atoms with E-state index in [2.05, 4.69) is 12.3 Å². The SMILES string of the molecule is CC(C1CC1)C(NN)C1CCCCC1. The summed E-state index contributed by atoms with van der Waals surface area (Å²) in [7, 11) is 0. The average Bonchev–Trinajstić information content (AvgIpc) is 3.03. The molecule has 0 aliphatic heterocycles. The third kappa shape index (κ3) is 2.29. The Balaban J connectivity index is 1.89. The summed E-state index contributed by atoms with van der Waals surface area (Å²) in [5.74, 6) is 8.34. The van der Waals surface area contributed by atoms with Crippen LogP contribution in [0.3, 0.4) is 0 Å². The van der Waals surface area contributed by atoms with E-state index in [1.54, 1.807) is 0 Å². The van der Waals surface area contributed by atoms with Crippen molar-refractivity contribution in [1.82, 2.24) is 5.43 Å². The summed E-state index contributed by atoms with van der Waals surface area (Å²) >= 11 is 0. The average molecular weight is 196 g/mol. The number of rotatable bonds is 4. The first-order valence-electron chi connectivity index (χ1n) is 6.29. The fourth-order valence-corrected chi connectivity index (χ4v) is 3.13. The van der Waals surface area contributed by atoms with E-state index in [-0.39, 0.29) is 0 Å². The largest absolute Gasteiger partial charge is 0.271 e. The molecule has 0 bridgehead atoms.